The molecule has 0 unspecified atom stereocenters. The van der Waals surface area contributed by atoms with Gasteiger partial charge < -0.3 is 15.1 Å². The second-order valence-corrected chi connectivity index (χ2v) is 8.48. The summed E-state index contributed by atoms with van der Waals surface area (Å²) in [6, 6.07) is 18.0. The maximum Gasteiger partial charge on any atom is 0.227 e. The highest BCUT2D eigenvalue weighted by Gasteiger charge is 2.35. The zero-order chi connectivity index (χ0) is 19.5. The normalized spacial score (nSPS) is 22.0. The first kappa shape index (κ1) is 19.0. The summed E-state index contributed by atoms with van der Waals surface area (Å²) in [5.41, 5.74) is 2.08. The largest absolute Gasteiger partial charge is 0.371 e. The molecule has 2 atom stereocenters. The lowest BCUT2D eigenvalue weighted by Gasteiger charge is -2.19. The maximum atomic E-state index is 12.6. The van der Waals surface area contributed by atoms with E-state index in [-0.39, 0.29) is 24.2 Å². The van der Waals surface area contributed by atoms with Crippen molar-refractivity contribution >= 4 is 39.1 Å². The zero-order valence-electron chi connectivity index (χ0n) is 15.7. The minimum absolute atomic E-state index is 0.00868. The molecular formula is C22H24BrN3O2. The Kier molecular flexibility index (Phi) is 5.67. The Morgan fingerprint density at radius 3 is 2.64 bits per heavy atom. The first-order valence-electron chi connectivity index (χ1n) is 9.74. The van der Waals surface area contributed by atoms with Crippen LogP contribution in [0.1, 0.15) is 12.8 Å². The summed E-state index contributed by atoms with van der Waals surface area (Å²) in [4.78, 5) is 29.1. The second-order valence-electron chi connectivity index (χ2n) is 7.57. The van der Waals surface area contributed by atoms with Gasteiger partial charge in [0.2, 0.25) is 11.8 Å². The van der Waals surface area contributed by atoms with Crippen molar-refractivity contribution in [1.29, 1.82) is 0 Å². The number of nitrogens with zero attached hydrogens (tertiary/aromatic N) is 2. The van der Waals surface area contributed by atoms with Gasteiger partial charge in [0.05, 0.1) is 5.92 Å². The number of benzene rings is 2. The van der Waals surface area contributed by atoms with Gasteiger partial charge in [0.15, 0.2) is 0 Å². The van der Waals surface area contributed by atoms with Crippen LogP contribution in [0.15, 0.2) is 59.1 Å². The van der Waals surface area contributed by atoms with E-state index in [1.165, 1.54) is 5.69 Å². The van der Waals surface area contributed by atoms with E-state index in [4.69, 9.17) is 0 Å². The number of rotatable bonds is 5. The van der Waals surface area contributed by atoms with Crippen LogP contribution in [0.2, 0.25) is 0 Å². The van der Waals surface area contributed by atoms with Crippen LogP contribution in [-0.2, 0) is 9.59 Å². The minimum atomic E-state index is -0.280. The van der Waals surface area contributed by atoms with Gasteiger partial charge in [-0.25, -0.2) is 0 Å². The average Bonchev–Trinajstić information content (AvgIpc) is 3.34. The number of amides is 2. The first-order valence-corrected chi connectivity index (χ1v) is 10.5. The van der Waals surface area contributed by atoms with Crippen molar-refractivity contribution < 1.29 is 9.59 Å². The van der Waals surface area contributed by atoms with Gasteiger partial charge in [0.25, 0.3) is 0 Å². The molecule has 2 heterocycles. The highest BCUT2D eigenvalue weighted by Crippen LogP contribution is 2.28. The van der Waals surface area contributed by atoms with Crippen molar-refractivity contribution in [1.82, 2.24) is 5.32 Å². The standard InChI is InChI=1S/C22H24BrN3O2/c23-18-5-4-8-20(12-18)26-15-17(11-21(26)27)22(28)24-13-16-9-10-25(14-16)19-6-2-1-3-7-19/h1-8,12,16-17H,9-11,13-15H2,(H,24,28)/t16-,17-/m1/s1. The van der Waals surface area contributed by atoms with Gasteiger partial charge >= 0.3 is 0 Å². The van der Waals surface area contributed by atoms with Crippen molar-refractivity contribution in [3.63, 3.8) is 0 Å². The van der Waals surface area contributed by atoms with Crippen molar-refractivity contribution in [3.8, 4) is 0 Å². The van der Waals surface area contributed by atoms with Gasteiger partial charge in [-0.2, -0.15) is 0 Å². The van der Waals surface area contributed by atoms with Gasteiger partial charge in [-0.1, -0.05) is 40.2 Å². The average molecular weight is 442 g/mol. The molecule has 6 heteroatoms. The monoisotopic (exact) mass is 441 g/mol. The molecule has 146 valence electrons. The van der Waals surface area contributed by atoms with Crippen LogP contribution in [-0.4, -0.2) is 38.0 Å². The Morgan fingerprint density at radius 2 is 1.86 bits per heavy atom. The zero-order valence-corrected chi connectivity index (χ0v) is 17.3. The number of hydrogen-bond acceptors (Lipinski definition) is 3. The molecule has 2 aliphatic heterocycles. The van der Waals surface area contributed by atoms with Crippen LogP contribution in [0.3, 0.4) is 0 Å². The van der Waals surface area contributed by atoms with E-state index in [9.17, 15) is 9.59 Å². The molecule has 28 heavy (non-hydrogen) atoms. The Hall–Kier alpha value is -2.34. The molecule has 4 rings (SSSR count). The molecule has 5 nitrogen and oxygen atoms in total. The molecule has 0 spiro atoms. The third kappa shape index (κ3) is 4.22. The molecule has 2 aromatic rings. The Balaban J connectivity index is 1.28. The van der Waals surface area contributed by atoms with E-state index < -0.39 is 0 Å². The van der Waals surface area contributed by atoms with Crippen molar-refractivity contribution in [2.24, 2.45) is 11.8 Å². The SMILES string of the molecule is O=C(NC[C@H]1CCN(c2ccccc2)C1)[C@@H]1CC(=O)N(c2cccc(Br)c2)C1. The van der Waals surface area contributed by atoms with E-state index in [0.717, 1.165) is 29.7 Å². The predicted octanol–water partition coefficient (Wildman–Crippen LogP) is 3.44. The fourth-order valence-electron chi connectivity index (χ4n) is 4.04. The summed E-state index contributed by atoms with van der Waals surface area (Å²) in [5, 5.41) is 3.09. The van der Waals surface area contributed by atoms with Crippen LogP contribution in [0.4, 0.5) is 11.4 Å². The molecule has 0 aromatic heterocycles. The smallest absolute Gasteiger partial charge is 0.227 e. The summed E-state index contributed by atoms with van der Waals surface area (Å²) in [5.74, 6) is 0.166. The Labute approximate surface area is 173 Å². The summed E-state index contributed by atoms with van der Waals surface area (Å²) < 4.78 is 0.926. The van der Waals surface area contributed by atoms with Gasteiger partial charge in [-0.15, -0.1) is 0 Å². The van der Waals surface area contributed by atoms with E-state index in [0.29, 0.717) is 19.0 Å². The van der Waals surface area contributed by atoms with E-state index >= 15 is 0 Å². The lowest BCUT2D eigenvalue weighted by molar-refractivity contribution is -0.126. The number of hydrogen-bond donors (Lipinski definition) is 1. The molecule has 0 aliphatic carbocycles. The molecule has 2 saturated heterocycles. The number of carbonyl (C=O) groups excluding carboxylic acids is 2. The minimum Gasteiger partial charge on any atom is -0.371 e. The van der Waals surface area contributed by atoms with Gasteiger partial charge in [-0.05, 0) is 42.7 Å². The van der Waals surface area contributed by atoms with Crippen LogP contribution >= 0.6 is 15.9 Å². The topological polar surface area (TPSA) is 52.7 Å². The highest BCUT2D eigenvalue weighted by molar-refractivity contribution is 9.10. The Bertz CT molecular complexity index is 858. The number of nitrogens with one attached hydrogen (secondary N) is 1. The van der Waals surface area contributed by atoms with Crippen LogP contribution < -0.4 is 15.1 Å². The van der Waals surface area contributed by atoms with Gasteiger partial charge in [-0.3, -0.25) is 9.59 Å². The lowest BCUT2D eigenvalue weighted by atomic mass is 10.1. The molecule has 2 amide bonds. The number of para-hydroxylation sites is 1. The number of halogens is 1. The lowest BCUT2D eigenvalue weighted by Crippen LogP contribution is -2.36. The predicted molar refractivity (Wildman–Crippen MR) is 114 cm³/mol. The third-order valence-corrected chi connectivity index (χ3v) is 6.08. The van der Waals surface area contributed by atoms with Gasteiger partial charge in [0.1, 0.15) is 0 Å². The quantitative estimate of drug-likeness (QED) is 0.772. The maximum absolute atomic E-state index is 12.6. The molecule has 0 bridgehead atoms. The number of carbonyl (C=O) groups is 2. The summed E-state index contributed by atoms with van der Waals surface area (Å²) in [7, 11) is 0. The third-order valence-electron chi connectivity index (χ3n) is 5.59. The Morgan fingerprint density at radius 1 is 1.07 bits per heavy atom. The molecule has 2 aromatic carbocycles. The van der Waals surface area contributed by atoms with Crippen molar-refractivity contribution in [3.05, 3.63) is 59.1 Å². The van der Waals surface area contributed by atoms with Crippen molar-refractivity contribution in [2.45, 2.75) is 12.8 Å². The van der Waals surface area contributed by atoms with E-state index in [1.54, 1.807) is 4.90 Å². The van der Waals surface area contributed by atoms with Crippen molar-refractivity contribution in [2.75, 3.05) is 36.0 Å². The summed E-state index contributed by atoms with van der Waals surface area (Å²) in [6.45, 7) is 3.09. The molecule has 2 fully saturated rings. The highest BCUT2D eigenvalue weighted by atomic mass is 79.9. The summed E-state index contributed by atoms with van der Waals surface area (Å²) in [6.07, 6.45) is 1.35. The molecule has 0 saturated carbocycles. The fourth-order valence-corrected chi connectivity index (χ4v) is 4.43. The first-order chi connectivity index (χ1) is 13.6. The van der Waals surface area contributed by atoms with Gasteiger partial charge in [0, 0.05) is 48.4 Å². The molecule has 2 aliphatic rings. The summed E-state index contributed by atoms with van der Waals surface area (Å²) >= 11 is 3.44. The number of anilines is 2. The van der Waals surface area contributed by atoms with Crippen LogP contribution in [0, 0.1) is 11.8 Å². The molecular weight excluding hydrogens is 418 g/mol. The van der Waals surface area contributed by atoms with E-state index in [1.807, 2.05) is 30.3 Å². The molecule has 1 N–H and O–H groups in total. The second kappa shape index (κ2) is 8.35. The van der Waals surface area contributed by atoms with Crippen LogP contribution in [0.25, 0.3) is 0 Å². The van der Waals surface area contributed by atoms with Crippen LogP contribution in [0.5, 0.6) is 0 Å². The van der Waals surface area contributed by atoms with E-state index in [2.05, 4.69) is 50.4 Å². The molecule has 0 radical (unpaired) electrons. The fraction of sp³-hybridized carbons (Fsp3) is 0.364.